The Labute approximate surface area is 123 Å². The summed E-state index contributed by atoms with van der Waals surface area (Å²) in [5.41, 5.74) is 5.82. The Morgan fingerprint density at radius 1 is 0.895 bits per heavy atom. The summed E-state index contributed by atoms with van der Waals surface area (Å²) >= 11 is 3.50. The molecular formula is C17H18BrN. The molecule has 0 amide bonds. The highest BCUT2D eigenvalue weighted by molar-refractivity contribution is 9.10. The third kappa shape index (κ3) is 3.26. The summed E-state index contributed by atoms with van der Waals surface area (Å²) in [6, 6.07) is 15.4. The van der Waals surface area contributed by atoms with Crippen LogP contribution in [0.5, 0.6) is 0 Å². The van der Waals surface area contributed by atoms with Crippen LogP contribution in [0.4, 0.5) is 0 Å². The van der Waals surface area contributed by atoms with Crippen LogP contribution in [-0.2, 0) is 25.9 Å². The Balaban J connectivity index is 1.58. The molecule has 1 N–H and O–H groups in total. The van der Waals surface area contributed by atoms with Crippen LogP contribution in [0, 0.1) is 0 Å². The number of hydrogen-bond acceptors (Lipinski definition) is 1. The van der Waals surface area contributed by atoms with E-state index in [0.717, 1.165) is 17.6 Å². The first-order valence-corrected chi connectivity index (χ1v) is 7.66. The van der Waals surface area contributed by atoms with Crippen LogP contribution in [0.3, 0.4) is 0 Å². The van der Waals surface area contributed by atoms with Gasteiger partial charge in [-0.1, -0.05) is 46.3 Å². The van der Waals surface area contributed by atoms with E-state index in [0.29, 0.717) is 0 Å². The van der Waals surface area contributed by atoms with Crippen molar-refractivity contribution >= 4 is 15.9 Å². The van der Waals surface area contributed by atoms with Crippen LogP contribution >= 0.6 is 15.9 Å². The quantitative estimate of drug-likeness (QED) is 0.890. The maximum Gasteiger partial charge on any atom is 0.0209 e. The molecule has 19 heavy (non-hydrogen) atoms. The molecule has 98 valence electrons. The number of rotatable bonds is 4. The van der Waals surface area contributed by atoms with Gasteiger partial charge >= 0.3 is 0 Å². The predicted molar refractivity (Wildman–Crippen MR) is 83.2 cm³/mol. The van der Waals surface area contributed by atoms with Crippen LogP contribution in [0.2, 0.25) is 0 Å². The second-order valence-corrected chi connectivity index (χ2v) is 6.11. The van der Waals surface area contributed by atoms with Crippen LogP contribution in [0.1, 0.15) is 28.7 Å². The van der Waals surface area contributed by atoms with Gasteiger partial charge in [0.2, 0.25) is 0 Å². The summed E-state index contributed by atoms with van der Waals surface area (Å²) in [6.07, 6.45) is 3.85. The number of halogens is 1. The van der Waals surface area contributed by atoms with Crippen molar-refractivity contribution in [2.45, 2.75) is 32.4 Å². The van der Waals surface area contributed by atoms with Gasteiger partial charge in [-0.05, 0) is 53.6 Å². The Bertz CT molecular complexity index is 577. The number of fused-ring (bicyclic) bond motifs is 1. The van der Waals surface area contributed by atoms with E-state index in [1.54, 1.807) is 11.1 Å². The predicted octanol–water partition coefficient (Wildman–Crippen LogP) is 4.23. The molecule has 0 spiro atoms. The van der Waals surface area contributed by atoms with Gasteiger partial charge in [-0.2, -0.15) is 0 Å². The zero-order valence-electron chi connectivity index (χ0n) is 11.0. The van der Waals surface area contributed by atoms with Crippen LogP contribution < -0.4 is 5.32 Å². The molecule has 0 bridgehead atoms. The van der Waals surface area contributed by atoms with E-state index in [-0.39, 0.29) is 0 Å². The molecule has 0 unspecified atom stereocenters. The van der Waals surface area contributed by atoms with Gasteiger partial charge in [0.05, 0.1) is 0 Å². The molecule has 2 aromatic rings. The van der Waals surface area contributed by atoms with E-state index in [1.165, 1.54) is 30.4 Å². The minimum absolute atomic E-state index is 0.913. The molecule has 0 heterocycles. The Morgan fingerprint density at radius 3 is 2.53 bits per heavy atom. The first-order valence-electron chi connectivity index (χ1n) is 6.87. The molecule has 1 aliphatic carbocycles. The summed E-state index contributed by atoms with van der Waals surface area (Å²) in [7, 11) is 0. The van der Waals surface area contributed by atoms with Gasteiger partial charge in [-0.15, -0.1) is 0 Å². The average molecular weight is 316 g/mol. The fourth-order valence-electron chi connectivity index (χ4n) is 2.73. The first kappa shape index (κ1) is 12.9. The van der Waals surface area contributed by atoms with Crippen LogP contribution in [0.25, 0.3) is 0 Å². The molecule has 0 aromatic heterocycles. The number of nitrogens with one attached hydrogen (secondary N) is 1. The second-order valence-electron chi connectivity index (χ2n) is 5.19. The van der Waals surface area contributed by atoms with Gasteiger partial charge in [-0.3, -0.25) is 0 Å². The van der Waals surface area contributed by atoms with E-state index in [9.17, 15) is 0 Å². The van der Waals surface area contributed by atoms with Crippen molar-refractivity contribution in [1.82, 2.24) is 5.32 Å². The largest absolute Gasteiger partial charge is 0.309 e. The van der Waals surface area contributed by atoms with Gasteiger partial charge < -0.3 is 5.32 Å². The lowest BCUT2D eigenvalue weighted by Gasteiger charge is -2.07. The van der Waals surface area contributed by atoms with Crippen molar-refractivity contribution in [2.75, 3.05) is 0 Å². The summed E-state index contributed by atoms with van der Waals surface area (Å²) < 4.78 is 1.14. The zero-order chi connectivity index (χ0) is 13.1. The molecule has 2 aromatic carbocycles. The molecular weight excluding hydrogens is 298 g/mol. The standard InChI is InChI=1S/C17H18BrN/c18-17-6-1-3-13(10-17)11-19-12-14-7-8-15-4-2-5-16(15)9-14/h1,3,6-10,19H,2,4-5,11-12H2. The highest BCUT2D eigenvalue weighted by Crippen LogP contribution is 2.22. The van der Waals surface area contributed by atoms with Crippen molar-refractivity contribution in [3.63, 3.8) is 0 Å². The van der Waals surface area contributed by atoms with Crippen LogP contribution in [0.15, 0.2) is 46.9 Å². The lowest BCUT2D eigenvalue weighted by Crippen LogP contribution is -2.12. The van der Waals surface area contributed by atoms with E-state index in [1.807, 2.05) is 0 Å². The topological polar surface area (TPSA) is 12.0 Å². The molecule has 2 heteroatoms. The van der Waals surface area contributed by atoms with Gasteiger partial charge in [0, 0.05) is 17.6 Å². The molecule has 1 nitrogen and oxygen atoms in total. The highest BCUT2D eigenvalue weighted by atomic mass is 79.9. The van der Waals surface area contributed by atoms with Crippen molar-refractivity contribution in [1.29, 1.82) is 0 Å². The van der Waals surface area contributed by atoms with E-state index in [2.05, 4.69) is 63.7 Å². The zero-order valence-corrected chi connectivity index (χ0v) is 12.5. The highest BCUT2D eigenvalue weighted by Gasteiger charge is 2.10. The fourth-order valence-corrected chi connectivity index (χ4v) is 3.18. The fraction of sp³-hybridized carbons (Fsp3) is 0.294. The Kier molecular flexibility index (Phi) is 4.00. The van der Waals surface area contributed by atoms with Crippen molar-refractivity contribution in [2.24, 2.45) is 0 Å². The molecule has 1 aliphatic rings. The molecule has 0 fully saturated rings. The molecule has 3 rings (SSSR count). The van der Waals surface area contributed by atoms with Crippen molar-refractivity contribution in [3.05, 3.63) is 69.2 Å². The summed E-state index contributed by atoms with van der Waals surface area (Å²) in [4.78, 5) is 0. The minimum Gasteiger partial charge on any atom is -0.309 e. The Hall–Kier alpha value is -1.12. The molecule has 0 atom stereocenters. The minimum atomic E-state index is 0.913. The van der Waals surface area contributed by atoms with Crippen molar-refractivity contribution < 1.29 is 0 Å². The maximum absolute atomic E-state index is 3.52. The number of benzene rings is 2. The van der Waals surface area contributed by atoms with E-state index in [4.69, 9.17) is 0 Å². The lowest BCUT2D eigenvalue weighted by molar-refractivity contribution is 0.692. The van der Waals surface area contributed by atoms with Crippen LogP contribution in [-0.4, -0.2) is 0 Å². The molecule has 0 saturated carbocycles. The van der Waals surface area contributed by atoms with E-state index >= 15 is 0 Å². The molecule has 0 aliphatic heterocycles. The molecule has 0 saturated heterocycles. The SMILES string of the molecule is Brc1cccc(CNCc2ccc3c(c2)CCC3)c1. The van der Waals surface area contributed by atoms with Crippen molar-refractivity contribution in [3.8, 4) is 0 Å². The van der Waals surface area contributed by atoms with Gasteiger partial charge in [0.25, 0.3) is 0 Å². The first-order chi connectivity index (χ1) is 9.31. The average Bonchev–Trinajstić information content (AvgIpc) is 2.86. The number of aryl methyl sites for hydroxylation is 2. The second kappa shape index (κ2) is 5.89. The third-order valence-corrected chi connectivity index (χ3v) is 4.20. The van der Waals surface area contributed by atoms with Gasteiger partial charge in [0.15, 0.2) is 0 Å². The van der Waals surface area contributed by atoms with Gasteiger partial charge in [-0.25, -0.2) is 0 Å². The summed E-state index contributed by atoms with van der Waals surface area (Å²) in [5.74, 6) is 0. The summed E-state index contributed by atoms with van der Waals surface area (Å²) in [5, 5.41) is 3.52. The monoisotopic (exact) mass is 315 g/mol. The molecule has 0 radical (unpaired) electrons. The van der Waals surface area contributed by atoms with Gasteiger partial charge in [0.1, 0.15) is 0 Å². The van der Waals surface area contributed by atoms with E-state index < -0.39 is 0 Å². The summed E-state index contributed by atoms with van der Waals surface area (Å²) in [6.45, 7) is 1.86. The number of hydrogen-bond donors (Lipinski definition) is 1. The third-order valence-electron chi connectivity index (χ3n) is 3.71. The normalized spacial score (nSPS) is 13.5. The maximum atomic E-state index is 3.52. The smallest absolute Gasteiger partial charge is 0.0209 e. The Morgan fingerprint density at radius 2 is 1.68 bits per heavy atom. The lowest BCUT2D eigenvalue weighted by atomic mass is 10.1.